The summed E-state index contributed by atoms with van der Waals surface area (Å²) in [5.41, 5.74) is 0.968. The van der Waals surface area contributed by atoms with E-state index in [0.29, 0.717) is 0 Å². The zero-order valence-electron chi connectivity index (χ0n) is 3.44. The Hall–Kier alpha value is -0.680. The number of rotatable bonds is 2. The third kappa shape index (κ3) is 10.9. The van der Waals surface area contributed by atoms with Crippen molar-refractivity contribution in [2.45, 2.75) is 0 Å². The zero-order chi connectivity index (χ0) is 4.99. The van der Waals surface area contributed by atoms with E-state index in [1.54, 1.807) is 0 Å². The number of aliphatic carboxylic acids is 1. The van der Waals surface area contributed by atoms with Crippen LogP contribution in [-0.4, -0.2) is 23.1 Å². The molecule has 0 aromatic carbocycles. The van der Waals surface area contributed by atoms with Gasteiger partial charge in [0.05, 0.1) is 0 Å². The first kappa shape index (κ1) is 9.58. The molecule has 0 spiro atoms. The van der Waals surface area contributed by atoms with Crippen LogP contribution in [0.3, 0.4) is 0 Å². The molecule has 0 heterocycles. The maximum absolute atomic E-state index is 10.6. The van der Waals surface area contributed by atoms with Gasteiger partial charge in [0.1, 0.15) is 6.54 Å². The molecule has 0 saturated heterocycles. The van der Waals surface area contributed by atoms with Crippen LogP contribution in [0.4, 0.5) is 4.48 Å². The average molecular weight is 111 g/mol. The maximum atomic E-state index is 10.6. The minimum atomic E-state index is -1.20. The summed E-state index contributed by atoms with van der Waals surface area (Å²) in [4.78, 5) is 9.30. The number of halogens is 1. The number of carboxylic acids is 1. The third-order valence-corrected chi connectivity index (χ3v) is 0.218. The van der Waals surface area contributed by atoms with E-state index in [-0.39, 0.29) is 5.48 Å². The molecular formula is C2H6FNO3. The van der Waals surface area contributed by atoms with Gasteiger partial charge < -0.3 is 10.6 Å². The Kier molecular flexibility index (Phi) is 7.28. The summed E-state index contributed by atoms with van der Waals surface area (Å²) in [6.07, 6.45) is 0. The Morgan fingerprint density at radius 2 is 2.29 bits per heavy atom. The fourth-order valence-electron chi connectivity index (χ4n) is 0.0572. The normalized spacial score (nSPS) is 7.00. The molecule has 0 aliphatic rings. The van der Waals surface area contributed by atoms with Gasteiger partial charge in [-0.25, -0.2) is 0 Å². The minimum absolute atomic E-state index is 0. The second-order valence-corrected chi connectivity index (χ2v) is 0.704. The summed E-state index contributed by atoms with van der Waals surface area (Å²) in [7, 11) is 0. The van der Waals surface area contributed by atoms with Gasteiger partial charge in [-0.15, -0.1) is 10.0 Å². The molecule has 0 unspecified atom stereocenters. The van der Waals surface area contributed by atoms with Crippen molar-refractivity contribution in [3.05, 3.63) is 0 Å². The molecule has 0 atom stereocenters. The Bertz CT molecular complexity index is 56.9. The van der Waals surface area contributed by atoms with E-state index in [0.717, 1.165) is 5.54 Å². The van der Waals surface area contributed by atoms with Gasteiger partial charge in [-0.05, 0) is 0 Å². The number of nitrogens with one attached hydrogen (secondary N) is 1. The Balaban J connectivity index is 0. The molecule has 7 heavy (non-hydrogen) atoms. The van der Waals surface area contributed by atoms with E-state index >= 15 is 0 Å². The van der Waals surface area contributed by atoms with Gasteiger partial charge >= 0.3 is 5.97 Å². The molecular weight excluding hydrogens is 105 g/mol. The van der Waals surface area contributed by atoms with Crippen LogP contribution in [0.1, 0.15) is 0 Å². The highest BCUT2D eigenvalue weighted by Gasteiger charge is 1.88. The quantitative estimate of drug-likeness (QED) is 0.435. The molecule has 0 amide bonds. The molecule has 0 fully saturated rings. The lowest BCUT2D eigenvalue weighted by Crippen LogP contribution is -2.13. The van der Waals surface area contributed by atoms with Crippen molar-refractivity contribution < 1.29 is 19.9 Å². The lowest BCUT2D eigenvalue weighted by Gasteiger charge is -1.80. The molecule has 0 saturated carbocycles. The van der Waals surface area contributed by atoms with Crippen LogP contribution in [0.2, 0.25) is 0 Å². The van der Waals surface area contributed by atoms with Crippen LogP contribution in [0.5, 0.6) is 0 Å². The average Bonchev–Trinajstić information content (AvgIpc) is 1.35. The number of hydrogen-bond donors (Lipinski definition) is 2. The van der Waals surface area contributed by atoms with Crippen molar-refractivity contribution in [3.63, 3.8) is 0 Å². The summed E-state index contributed by atoms with van der Waals surface area (Å²) < 4.78 is 10.6. The van der Waals surface area contributed by atoms with Crippen LogP contribution in [0, 0.1) is 0 Å². The second-order valence-electron chi connectivity index (χ2n) is 0.704. The molecule has 0 aromatic rings. The summed E-state index contributed by atoms with van der Waals surface area (Å²) in [6.45, 7) is -0.625. The molecule has 4 nitrogen and oxygen atoms in total. The molecule has 4 N–H and O–H groups in total. The smallest absolute Gasteiger partial charge is 0.320 e. The first-order chi connectivity index (χ1) is 2.77. The van der Waals surface area contributed by atoms with Crippen molar-refractivity contribution in [3.8, 4) is 0 Å². The predicted molar refractivity (Wildman–Crippen MR) is 20.4 cm³/mol. The molecule has 0 bridgehead atoms. The standard InChI is InChI=1S/C2H4FNO2.H2O/c3-4-1-2(5)6;/h4H,1H2,(H,5,6);1H2. The predicted octanol–water partition coefficient (Wildman–Crippen LogP) is -1.28. The highest BCUT2D eigenvalue weighted by atomic mass is 19.2. The SMILES string of the molecule is O.O=C(O)CNF. The highest BCUT2D eigenvalue weighted by Crippen LogP contribution is 1.55. The molecule has 0 aliphatic heterocycles. The fourth-order valence-corrected chi connectivity index (χ4v) is 0.0572. The van der Waals surface area contributed by atoms with Gasteiger partial charge in [0.25, 0.3) is 0 Å². The largest absolute Gasteiger partial charge is 0.480 e. The maximum Gasteiger partial charge on any atom is 0.320 e. The van der Waals surface area contributed by atoms with E-state index in [4.69, 9.17) is 5.11 Å². The van der Waals surface area contributed by atoms with Crippen LogP contribution in [0.25, 0.3) is 0 Å². The van der Waals surface area contributed by atoms with Gasteiger partial charge in [-0.1, -0.05) is 0 Å². The molecule has 0 radical (unpaired) electrons. The Morgan fingerprint density at radius 3 is 2.29 bits per heavy atom. The Labute approximate surface area is 39.2 Å². The van der Waals surface area contributed by atoms with E-state index < -0.39 is 12.5 Å². The van der Waals surface area contributed by atoms with Crippen molar-refractivity contribution in [2.24, 2.45) is 0 Å². The summed E-state index contributed by atoms with van der Waals surface area (Å²) in [5, 5.41) is 7.61. The first-order valence-electron chi connectivity index (χ1n) is 1.32. The monoisotopic (exact) mass is 111 g/mol. The van der Waals surface area contributed by atoms with Crippen LogP contribution >= 0.6 is 0 Å². The highest BCUT2D eigenvalue weighted by molar-refractivity contribution is 5.68. The molecule has 44 valence electrons. The van der Waals surface area contributed by atoms with Crippen molar-refractivity contribution >= 4 is 5.97 Å². The lowest BCUT2D eigenvalue weighted by molar-refractivity contribution is -0.136. The summed E-state index contributed by atoms with van der Waals surface area (Å²) >= 11 is 0. The van der Waals surface area contributed by atoms with E-state index in [1.165, 1.54) is 0 Å². The third-order valence-electron chi connectivity index (χ3n) is 0.218. The van der Waals surface area contributed by atoms with Crippen LogP contribution < -0.4 is 5.54 Å². The minimum Gasteiger partial charge on any atom is -0.480 e. The second kappa shape index (κ2) is 5.32. The van der Waals surface area contributed by atoms with Gasteiger partial charge in [-0.2, -0.15) is 0 Å². The number of carbonyl (C=O) groups is 1. The van der Waals surface area contributed by atoms with Gasteiger partial charge in [-0.3, -0.25) is 4.79 Å². The van der Waals surface area contributed by atoms with Gasteiger partial charge in [0, 0.05) is 0 Å². The molecule has 5 heteroatoms. The topological polar surface area (TPSA) is 80.8 Å². The van der Waals surface area contributed by atoms with E-state index in [1.807, 2.05) is 0 Å². The zero-order valence-corrected chi connectivity index (χ0v) is 3.44. The summed E-state index contributed by atoms with van der Waals surface area (Å²) in [5.74, 6) is -1.20. The fraction of sp³-hybridized carbons (Fsp3) is 0.500. The van der Waals surface area contributed by atoms with E-state index in [9.17, 15) is 9.28 Å². The van der Waals surface area contributed by atoms with Crippen molar-refractivity contribution in [1.82, 2.24) is 5.54 Å². The van der Waals surface area contributed by atoms with Crippen LogP contribution in [0.15, 0.2) is 0 Å². The van der Waals surface area contributed by atoms with E-state index in [2.05, 4.69) is 0 Å². The first-order valence-corrected chi connectivity index (χ1v) is 1.32. The molecule has 0 aromatic heterocycles. The Morgan fingerprint density at radius 1 is 1.86 bits per heavy atom. The molecule has 0 rings (SSSR count). The lowest BCUT2D eigenvalue weighted by atomic mass is 10.7. The van der Waals surface area contributed by atoms with Crippen molar-refractivity contribution in [1.29, 1.82) is 0 Å². The number of hydrogen-bond acceptors (Lipinski definition) is 2. The van der Waals surface area contributed by atoms with Crippen molar-refractivity contribution in [2.75, 3.05) is 6.54 Å². The summed E-state index contributed by atoms with van der Waals surface area (Å²) in [6, 6.07) is 0. The molecule has 0 aliphatic carbocycles. The van der Waals surface area contributed by atoms with Crippen LogP contribution in [-0.2, 0) is 4.79 Å². The van der Waals surface area contributed by atoms with Gasteiger partial charge in [0.15, 0.2) is 0 Å². The van der Waals surface area contributed by atoms with Gasteiger partial charge in [0.2, 0.25) is 0 Å². The number of carboxylic acid groups (broad SMARTS) is 1.